The SMILES string of the molecule is NCCCCCCN.O=C(O)CCCCC(=O)O.O=C(O)c1ccc(C(=O)O)cc1.O=C1CCCCCN1. The minimum Gasteiger partial charge on any atom is -0.481 e. The lowest BCUT2D eigenvalue weighted by Gasteiger charge is -1.94. The summed E-state index contributed by atoms with van der Waals surface area (Å²) in [4.78, 5) is 51.0. The summed E-state index contributed by atoms with van der Waals surface area (Å²) in [5.41, 5.74) is 10.7. The Morgan fingerprint density at radius 1 is 0.658 bits per heavy atom. The van der Waals surface area contributed by atoms with Crippen LogP contribution in [0.5, 0.6) is 0 Å². The van der Waals surface area contributed by atoms with Gasteiger partial charge in [0.25, 0.3) is 0 Å². The highest BCUT2D eigenvalue weighted by Gasteiger charge is 2.05. The highest BCUT2D eigenvalue weighted by atomic mass is 16.4. The predicted octanol–water partition coefficient (Wildman–Crippen LogP) is 2.94. The van der Waals surface area contributed by atoms with E-state index in [1.54, 1.807) is 0 Å². The smallest absolute Gasteiger partial charge is 0.335 e. The molecule has 0 saturated carbocycles. The van der Waals surface area contributed by atoms with Crippen LogP contribution in [-0.2, 0) is 14.4 Å². The third-order valence-electron chi connectivity index (χ3n) is 4.97. The molecule has 0 aromatic heterocycles. The third-order valence-corrected chi connectivity index (χ3v) is 4.97. The van der Waals surface area contributed by atoms with Crippen molar-refractivity contribution in [1.82, 2.24) is 5.32 Å². The van der Waals surface area contributed by atoms with Crippen molar-refractivity contribution in [2.24, 2.45) is 11.5 Å². The fourth-order valence-corrected chi connectivity index (χ4v) is 2.85. The molecule has 1 aromatic rings. The summed E-state index contributed by atoms with van der Waals surface area (Å²) in [6, 6.07) is 5.02. The number of rotatable bonds is 12. The van der Waals surface area contributed by atoms with Gasteiger partial charge in [-0.2, -0.15) is 0 Å². The molecule has 0 atom stereocenters. The number of benzene rings is 1. The molecule has 9 N–H and O–H groups in total. The normalized spacial score (nSPS) is 12.0. The summed E-state index contributed by atoms with van der Waals surface area (Å²) in [6.45, 7) is 2.54. The van der Waals surface area contributed by atoms with Crippen LogP contribution in [-0.4, -0.2) is 69.8 Å². The predicted molar refractivity (Wildman–Crippen MR) is 142 cm³/mol. The third kappa shape index (κ3) is 25.6. The second-order valence-electron chi connectivity index (χ2n) is 8.33. The van der Waals surface area contributed by atoms with Crippen LogP contribution in [0.25, 0.3) is 0 Å². The molecular formula is C26H43N3O9. The van der Waals surface area contributed by atoms with E-state index in [2.05, 4.69) is 5.32 Å². The minimum absolute atomic E-state index is 0.0628. The van der Waals surface area contributed by atoms with E-state index < -0.39 is 23.9 Å². The van der Waals surface area contributed by atoms with E-state index in [-0.39, 0.29) is 29.9 Å². The molecule has 1 aromatic carbocycles. The Morgan fingerprint density at radius 2 is 1.08 bits per heavy atom. The Hall–Kier alpha value is -3.51. The molecule has 38 heavy (non-hydrogen) atoms. The van der Waals surface area contributed by atoms with E-state index in [1.807, 2.05) is 0 Å². The van der Waals surface area contributed by atoms with Crippen LogP contribution < -0.4 is 16.8 Å². The minimum atomic E-state index is -1.06. The van der Waals surface area contributed by atoms with Gasteiger partial charge in [-0.25, -0.2) is 9.59 Å². The first-order valence-corrected chi connectivity index (χ1v) is 12.7. The standard InChI is InChI=1S/C8H6O4.C6H16N2.C6H11NO.C6H10O4/c9-7(10)5-1-2-6(4-3-5)8(11)12;7-5-3-1-2-4-6-8;8-6-4-2-1-3-5-7-6;7-5(8)3-1-2-4-6(9)10/h1-4H,(H,9,10)(H,11,12);1-8H2;1-5H2,(H,7,8);1-4H2,(H,7,8)(H,9,10). The molecule has 1 aliphatic heterocycles. The number of unbranched alkanes of at least 4 members (excludes halogenated alkanes) is 4. The second kappa shape index (κ2) is 25.2. The molecule has 1 fully saturated rings. The summed E-state index contributed by atoms with van der Waals surface area (Å²) < 4.78 is 0. The van der Waals surface area contributed by atoms with Gasteiger partial charge in [0.2, 0.25) is 5.91 Å². The van der Waals surface area contributed by atoms with Crippen molar-refractivity contribution in [2.75, 3.05) is 19.6 Å². The van der Waals surface area contributed by atoms with E-state index >= 15 is 0 Å². The number of aliphatic carboxylic acids is 2. The Balaban J connectivity index is 0. The summed E-state index contributed by atoms with van der Waals surface area (Å²) in [5.74, 6) is -3.64. The highest BCUT2D eigenvalue weighted by molar-refractivity contribution is 5.91. The monoisotopic (exact) mass is 541 g/mol. The number of hydrogen-bond acceptors (Lipinski definition) is 7. The number of hydrogen-bond donors (Lipinski definition) is 7. The summed E-state index contributed by atoms with van der Waals surface area (Å²) in [6.07, 6.45) is 9.99. The number of carboxylic acid groups (broad SMARTS) is 4. The molecule has 1 aliphatic rings. The summed E-state index contributed by atoms with van der Waals surface area (Å²) in [7, 11) is 0. The summed E-state index contributed by atoms with van der Waals surface area (Å²) >= 11 is 0. The number of nitrogens with two attached hydrogens (primary N) is 2. The Labute approximate surface area is 223 Å². The van der Waals surface area contributed by atoms with Gasteiger partial charge in [0.1, 0.15) is 0 Å². The molecule has 12 heteroatoms. The Bertz CT molecular complexity index is 750. The quantitative estimate of drug-likeness (QED) is 0.190. The first-order valence-electron chi connectivity index (χ1n) is 12.7. The second-order valence-corrected chi connectivity index (χ2v) is 8.33. The zero-order chi connectivity index (χ0) is 29.2. The Kier molecular flexibility index (Phi) is 24.3. The lowest BCUT2D eigenvalue weighted by atomic mass is 10.1. The van der Waals surface area contributed by atoms with E-state index in [9.17, 15) is 24.0 Å². The number of carbonyl (C=O) groups excluding carboxylic acids is 1. The number of nitrogens with one attached hydrogen (secondary N) is 1. The van der Waals surface area contributed by atoms with E-state index in [1.165, 1.54) is 43.5 Å². The Morgan fingerprint density at radius 3 is 1.42 bits per heavy atom. The van der Waals surface area contributed by atoms with Crippen molar-refractivity contribution >= 4 is 29.8 Å². The van der Waals surface area contributed by atoms with Gasteiger partial charge in [0, 0.05) is 25.8 Å². The first kappa shape index (κ1) is 36.6. The van der Waals surface area contributed by atoms with Gasteiger partial charge >= 0.3 is 23.9 Å². The maximum atomic E-state index is 10.6. The molecule has 1 heterocycles. The fourth-order valence-electron chi connectivity index (χ4n) is 2.85. The zero-order valence-electron chi connectivity index (χ0n) is 21.9. The van der Waals surface area contributed by atoms with Gasteiger partial charge in [0.05, 0.1) is 11.1 Å². The van der Waals surface area contributed by atoms with Gasteiger partial charge < -0.3 is 37.2 Å². The number of aromatic carboxylic acids is 2. The largest absolute Gasteiger partial charge is 0.481 e. The van der Waals surface area contributed by atoms with Crippen molar-refractivity contribution in [2.45, 2.75) is 77.0 Å². The maximum absolute atomic E-state index is 10.6. The van der Waals surface area contributed by atoms with Gasteiger partial charge in [-0.15, -0.1) is 0 Å². The molecule has 216 valence electrons. The fraction of sp³-hybridized carbons (Fsp3) is 0.577. The zero-order valence-corrected chi connectivity index (χ0v) is 21.9. The van der Waals surface area contributed by atoms with Crippen LogP contribution in [0.2, 0.25) is 0 Å². The van der Waals surface area contributed by atoms with E-state index in [4.69, 9.17) is 31.9 Å². The average molecular weight is 542 g/mol. The van der Waals surface area contributed by atoms with Crippen LogP contribution in [0.4, 0.5) is 0 Å². The van der Waals surface area contributed by atoms with Crippen molar-refractivity contribution in [3.8, 4) is 0 Å². The highest BCUT2D eigenvalue weighted by Crippen LogP contribution is 2.04. The van der Waals surface area contributed by atoms with Crippen LogP contribution >= 0.6 is 0 Å². The van der Waals surface area contributed by atoms with E-state index in [0.717, 1.165) is 51.7 Å². The number of amides is 1. The van der Waals surface area contributed by atoms with Crippen LogP contribution in [0, 0.1) is 0 Å². The first-order chi connectivity index (χ1) is 18.0. The van der Waals surface area contributed by atoms with Gasteiger partial charge in [-0.05, 0) is 75.9 Å². The van der Waals surface area contributed by atoms with E-state index in [0.29, 0.717) is 12.8 Å². The van der Waals surface area contributed by atoms with Gasteiger partial charge in [-0.3, -0.25) is 14.4 Å². The molecule has 2 rings (SSSR count). The van der Waals surface area contributed by atoms with Crippen LogP contribution in [0.15, 0.2) is 24.3 Å². The number of carboxylic acids is 4. The van der Waals surface area contributed by atoms with Gasteiger partial charge in [0.15, 0.2) is 0 Å². The van der Waals surface area contributed by atoms with Crippen molar-refractivity contribution in [3.05, 3.63) is 35.4 Å². The molecule has 0 bridgehead atoms. The molecule has 1 saturated heterocycles. The van der Waals surface area contributed by atoms with Crippen molar-refractivity contribution in [3.63, 3.8) is 0 Å². The molecule has 0 radical (unpaired) electrons. The molecule has 0 aliphatic carbocycles. The van der Waals surface area contributed by atoms with Crippen molar-refractivity contribution < 1.29 is 44.4 Å². The lowest BCUT2D eigenvalue weighted by molar-refractivity contribution is -0.139. The van der Waals surface area contributed by atoms with Crippen LogP contribution in [0.1, 0.15) is 97.8 Å². The molecule has 12 nitrogen and oxygen atoms in total. The van der Waals surface area contributed by atoms with Crippen LogP contribution in [0.3, 0.4) is 0 Å². The van der Waals surface area contributed by atoms with Crippen molar-refractivity contribution in [1.29, 1.82) is 0 Å². The molecule has 1 amide bonds. The lowest BCUT2D eigenvalue weighted by Crippen LogP contribution is -2.21. The molecule has 0 unspecified atom stereocenters. The molecular weight excluding hydrogens is 498 g/mol. The topological polar surface area (TPSA) is 230 Å². The summed E-state index contributed by atoms with van der Waals surface area (Å²) in [5, 5.41) is 36.0. The number of carbonyl (C=O) groups is 5. The molecule has 0 spiro atoms. The van der Waals surface area contributed by atoms with Gasteiger partial charge in [-0.1, -0.05) is 19.3 Å². The maximum Gasteiger partial charge on any atom is 0.335 e. The average Bonchev–Trinajstić information content (AvgIpc) is 3.13.